The topological polar surface area (TPSA) is 30.7 Å². The minimum atomic E-state index is 0.925. The molecule has 3 rings (SSSR count). The standard InChI is InChI=1S/C13H11N3/c1-10-7-8-12-13(9-10)16(15-14-12)11-5-3-2-4-6-11/h2-9H,1H3. The lowest BCUT2D eigenvalue weighted by Crippen LogP contribution is -1.95. The van der Waals surface area contributed by atoms with Crippen LogP contribution in [0, 0.1) is 6.92 Å². The van der Waals surface area contributed by atoms with E-state index in [-0.39, 0.29) is 0 Å². The van der Waals surface area contributed by atoms with Gasteiger partial charge < -0.3 is 0 Å². The van der Waals surface area contributed by atoms with Crippen molar-refractivity contribution in [1.82, 2.24) is 15.0 Å². The largest absolute Gasteiger partial charge is 0.213 e. The second-order valence-electron chi connectivity index (χ2n) is 3.83. The minimum absolute atomic E-state index is 0.925. The molecule has 1 aromatic heterocycles. The maximum atomic E-state index is 4.17. The van der Waals surface area contributed by atoms with E-state index in [4.69, 9.17) is 0 Å². The molecule has 16 heavy (non-hydrogen) atoms. The van der Waals surface area contributed by atoms with Gasteiger partial charge >= 0.3 is 0 Å². The maximum absolute atomic E-state index is 4.17. The highest BCUT2D eigenvalue weighted by molar-refractivity contribution is 5.76. The van der Waals surface area contributed by atoms with E-state index < -0.39 is 0 Å². The van der Waals surface area contributed by atoms with Gasteiger partial charge in [0.25, 0.3) is 0 Å². The number of para-hydroxylation sites is 1. The summed E-state index contributed by atoms with van der Waals surface area (Å²) in [5.41, 5.74) is 4.23. The van der Waals surface area contributed by atoms with E-state index in [2.05, 4.69) is 23.3 Å². The van der Waals surface area contributed by atoms with Gasteiger partial charge in [-0.15, -0.1) is 5.10 Å². The fraction of sp³-hybridized carbons (Fsp3) is 0.0769. The second kappa shape index (κ2) is 3.45. The van der Waals surface area contributed by atoms with Gasteiger partial charge in [0, 0.05) is 0 Å². The SMILES string of the molecule is Cc1ccc2nnn(-c3ccccc3)c2c1. The number of aromatic nitrogens is 3. The molecule has 0 saturated heterocycles. The zero-order valence-electron chi connectivity index (χ0n) is 8.96. The molecule has 0 saturated carbocycles. The first-order valence-corrected chi connectivity index (χ1v) is 5.22. The Balaban J connectivity index is 2.29. The van der Waals surface area contributed by atoms with Crippen molar-refractivity contribution in [1.29, 1.82) is 0 Å². The van der Waals surface area contributed by atoms with Crippen LogP contribution in [0.15, 0.2) is 48.5 Å². The van der Waals surface area contributed by atoms with Crippen LogP contribution in [0.4, 0.5) is 0 Å². The molecule has 0 aliphatic carbocycles. The Morgan fingerprint density at radius 1 is 1.00 bits per heavy atom. The number of benzene rings is 2. The minimum Gasteiger partial charge on any atom is -0.213 e. The Labute approximate surface area is 93.3 Å². The number of aryl methyl sites for hydroxylation is 1. The molecule has 0 fully saturated rings. The molecule has 0 aliphatic rings. The van der Waals surface area contributed by atoms with Crippen molar-refractivity contribution >= 4 is 11.0 Å². The summed E-state index contributed by atoms with van der Waals surface area (Å²) in [5.74, 6) is 0. The first-order valence-electron chi connectivity index (χ1n) is 5.22. The third kappa shape index (κ3) is 1.37. The zero-order chi connectivity index (χ0) is 11.0. The van der Waals surface area contributed by atoms with Gasteiger partial charge in [-0.1, -0.05) is 29.5 Å². The van der Waals surface area contributed by atoms with Gasteiger partial charge in [-0.25, -0.2) is 4.68 Å². The van der Waals surface area contributed by atoms with Gasteiger partial charge in [0.15, 0.2) is 0 Å². The van der Waals surface area contributed by atoms with E-state index in [9.17, 15) is 0 Å². The molecule has 0 atom stereocenters. The summed E-state index contributed by atoms with van der Waals surface area (Å²) >= 11 is 0. The zero-order valence-corrected chi connectivity index (χ0v) is 8.96. The van der Waals surface area contributed by atoms with Gasteiger partial charge in [-0.2, -0.15) is 0 Å². The molecular weight excluding hydrogens is 198 g/mol. The summed E-state index contributed by atoms with van der Waals surface area (Å²) < 4.78 is 1.86. The van der Waals surface area contributed by atoms with Crippen LogP contribution < -0.4 is 0 Å². The van der Waals surface area contributed by atoms with Gasteiger partial charge in [0.05, 0.1) is 11.2 Å². The molecule has 1 heterocycles. The highest BCUT2D eigenvalue weighted by atomic mass is 15.4. The van der Waals surface area contributed by atoms with Crippen molar-refractivity contribution in [2.24, 2.45) is 0 Å². The molecule has 78 valence electrons. The number of fused-ring (bicyclic) bond motifs is 1. The number of rotatable bonds is 1. The second-order valence-corrected chi connectivity index (χ2v) is 3.83. The Morgan fingerprint density at radius 2 is 1.81 bits per heavy atom. The average Bonchev–Trinajstić information content (AvgIpc) is 2.73. The molecule has 0 N–H and O–H groups in total. The monoisotopic (exact) mass is 209 g/mol. The first-order chi connectivity index (χ1) is 7.84. The van der Waals surface area contributed by atoms with Crippen molar-refractivity contribution in [2.75, 3.05) is 0 Å². The van der Waals surface area contributed by atoms with E-state index in [1.54, 1.807) is 0 Å². The molecule has 0 bridgehead atoms. The predicted molar refractivity (Wildman–Crippen MR) is 63.6 cm³/mol. The summed E-state index contributed by atoms with van der Waals surface area (Å²) in [6.45, 7) is 2.07. The molecule has 0 spiro atoms. The van der Waals surface area contributed by atoms with E-state index in [0.717, 1.165) is 16.7 Å². The van der Waals surface area contributed by atoms with Crippen LogP contribution in [0.1, 0.15) is 5.56 Å². The van der Waals surface area contributed by atoms with Crippen molar-refractivity contribution in [2.45, 2.75) is 6.92 Å². The Morgan fingerprint density at radius 3 is 2.62 bits per heavy atom. The Hall–Kier alpha value is -2.16. The van der Waals surface area contributed by atoms with E-state index in [0.29, 0.717) is 0 Å². The van der Waals surface area contributed by atoms with Crippen LogP contribution in [0.2, 0.25) is 0 Å². The average molecular weight is 209 g/mol. The summed E-state index contributed by atoms with van der Waals surface area (Å²) in [7, 11) is 0. The third-order valence-electron chi connectivity index (χ3n) is 2.60. The van der Waals surface area contributed by atoms with Crippen LogP contribution in [0.3, 0.4) is 0 Å². The van der Waals surface area contributed by atoms with Crippen LogP contribution in [0.25, 0.3) is 16.7 Å². The van der Waals surface area contributed by atoms with Crippen molar-refractivity contribution < 1.29 is 0 Å². The lowest BCUT2D eigenvalue weighted by molar-refractivity contribution is 0.824. The fourth-order valence-electron chi connectivity index (χ4n) is 1.79. The quantitative estimate of drug-likeness (QED) is 0.617. The predicted octanol–water partition coefficient (Wildman–Crippen LogP) is 2.73. The lowest BCUT2D eigenvalue weighted by atomic mass is 10.2. The van der Waals surface area contributed by atoms with Crippen LogP contribution >= 0.6 is 0 Å². The summed E-state index contributed by atoms with van der Waals surface area (Å²) in [6, 6.07) is 16.2. The smallest absolute Gasteiger partial charge is 0.113 e. The fourth-order valence-corrected chi connectivity index (χ4v) is 1.79. The maximum Gasteiger partial charge on any atom is 0.113 e. The molecule has 0 unspecified atom stereocenters. The summed E-state index contributed by atoms with van der Waals surface area (Å²) in [4.78, 5) is 0. The van der Waals surface area contributed by atoms with E-state index >= 15 is 0 Å². The molecule has 3 aromatic rings. The van der Waals surface area contributed by atoms with Crippen molar-refractivity contribution in [3.63, 3.8) is 0 Å². The van der Waals surface area contributed by atoms with Gasteiger partial charge in [-0.3, -0.25) is 0 Å². The summed E-state index contributed by atoms with van der Waals surface area (Å²) in [6.07, 6.45) is 0. The molecule has 0 radical (unpaired) electrons. The normalized spacial score (nSPS) is 10.8. The van der Waals surface area contributed by atoms with Gasteiger partial charge in [0.1, 0.15) is 5.52 Å². The Kier molecular flexibility index (Phi) is 1.96. The van der Waals surface area contributed by atoms with Crippen molar-refractivity contribution in [3.05, 3.63) is 54.1 Å². The number of nitrogens with zero attached hydrogens (tertiary/aromatic N) is 3. The highest BCUT2D eigenvalue weighted by Gasteiger charge is 2.05. The van der Waals surface area contributed by atoms with Gasteiger partial charge in [0.2, 0.25) is 0 Å². The molecule has 3 nitrogen and oxygen atoms in total. The molecule has 0 amide bonds. The van der Waals surface area contributed by atoms with Crippen LogP contribution in [-0.4, -0.2) is 15.0 Å². The van der Waals surface area contributed by atoms with E-state index in [1.165, 1.54) is 5.56 Å². The highest BCUT2D eigenvalue weighted by Crippen LogP contribution is 2.17. The molecule has 2 aromatic carbocycles. The van der Waals surface area contributed by atoms with Crippen LogP contribution in [-0.2, 0) is 0 Å². The number of hydrogen-bond donors (Lipinski definition) is 0. The third-order valence-corrected chi connectivity index (χ3v) is 2.60. The van der Waals surface area contributed by atoms with Crippen molar-refractivity contribution in [3.8, 4) is 5.69 Å². The number of hydrogen-bond acceptors (Lipinski definition) is 2. The Bertz CT molecular complexity index is 626. The molecule has 0 aliphatic heterocycles. The first kappa shape index (κ1) is 9.09. The lowest BCUT2D eigenvalue weighted by Gasteiger charge is -2.01. The molecule has 3 heteroatoms. The summed E-state index contributed by atoms with van der Waals surface area (Å²) in [5, 5.41) is 8.32. The van der Waals surface area contributed by atoms with Gasteiger partial charge in [-0.05, 0) is 36.8 Å². The van der Waals surface area contributed by atoms with E-state index in [1.807, 2.05) is 47.1 Å². The molecular formula is C13H11N3. The van der Waals surface area contributed by atoms with Crippen LogP contribution in [0.5, 0.6) is 0 Å².